The number of hydrogen-bond acceptors (Lipinski definition) is 4. The van der Waals surface area contributed by atoms with Crippen LogP contribution < -0.4 is 10.1 Å². The number of Topliss-reactive ketones (excluding diaryl/α,β-unsaturated/α-hetero) is 1. The summed E-state index contributed by atoms with van der Waals surface area (Å²) in [4.78, 5) is 40.4. The largest absolute Gasteiger partial charge is 0.435 e. The summed E-state index contributed by atoms with van der Waals surface area (Å²) in [5.41, 5.74) is 3.08. The first kappa shape index (κ1) is 22.8. The van der Waals surface area contributed by atoms with E-state index in [2.05, 4.69) is 10.1 Å². The van der Waals surface area contributed by atoms with Crippen LogP contribution in [-0.4, -0.2) is 40.3 Å². The number of ether oxygens (including phenoxy) is 1. The molecule has 3 aromatic rings. The van der Waals surface area contributed by atoms with Crippen molar-refractivity contribution in [2.45, 2.75) is 38.8 Å². The van der Waals surface area contributed by atoms with Crippen LogP contribution >= 0.6 is 0 Å². The summed E-state index contributed by atoms with van der Waals surface area (Å²) in [5.74, 6) is -0.749. The number of hydrogen-bond donors (Lipinski definition) is 1. The summed E-state index contributed by atoms with van der Waals surface area (Å²) in [6.07, 6.45) is 1.13. The van der Waals surface area contributed by atoms with Crippen molar-refractivity contribution in [1.82, 2.24) is 14.8 Å². The zero-order valence-electron chi connectivity index (χ0n) is 19.2. The van der Waals surface area contributed by atoms with E-state index in [1.165, 1.54) is 12.1 Å². The predicted molar refractivity (Wildman–Crippen MR) is 123 cm³/mol. The van der Waals surface area contributed by atoms with E-state index < -0.39 is 24.1 Å². The van der Waals surface area contributed by atoms with Crippen molar-refractivity contribution >= 4 is 17.7 Å². The Bertz CT molecular complexity index is 1350. The monoisotopic (exact) mass is 479 g/mol. The Hall–Kier alpha value is -4.01. The molecule has 1 atom stereocenters. The third kappa shape index (κ3) is 3.67. The molecular formula is C26H23F2N3O4. The molecule has 1 unspecified atom stereocenters. The molecule has 2 aliphatic rings. The minimum Gasteiger partial charge on any atom is -0.435 e. The maximum atomic E-state index is 13.4. The van der Waals surface area contributed by atoms with Crippen molar-refractivity contribution in [3.63, 3.8) is 0 Å². The molecule has 35 heavy (non-hydrogen) atoms. The Balaban J connectivity index is 1.38. The summed E-state index contributed by atoms with van der Waals surface area (Å²) in [6, 6.07) is 14.7. The number of aryl methyl sites for hydroxylation is 2. The van der Waals surface area contributed by atoms with E-state index in [0.717, 1.165) is 21.7 Å². The van der Waals surface area contributed by atoms with Crippen LogP contribution in [0.4, 0.5) is 13.6 Å². The second-order valence-corrected chi connectivity index (χ2v) is 8.80. The number of benzene rings is 2. The molecule has 0 radical (unpaired) electrons. The van der Waals surface area contributed by atoms with E-state index in [1.807, 2.05) is 31.2 Å². The molecule has 1 aromatic heterocycles. The van der Waals surface area contributed by atoms with Crippen LogP contribution in [0.15, 0.2) is 54.6 Å². The van der Waals surface area contributed by atoms with Crippen LogP contribution in [0.2, 0.25) is 0 Å². The molecule has 2 heterocycles. The van der Waals surface area contributed by atoms with Gasteiger partial charge in [-0.25, -0.2) is 4.79 Å². The first-order valence-corrected chi connectivity index (χ1v) is 11.2. The topological polar surface area (TPSA) is 80.6 Å². The lowest BCUT2D eigenvalue weighted by Gasteiger charge is -2.22. The molecule has 0 bridgehead atoms. The van der Waals surface area contributed by atoms with Gasteiger partial charge in [0.05, 0.1) is 6.54 Å². The third-order valence-corrected chi connectivity index (χ3v) is 6.78. The van der Waals surface area contributed by atoms with Crippen molar-refractivity contribution in [2.75, 3.05) is 6.54 Å². The summed E-state index contributed by atoms with van der Waals surface area (Å²) in [7, 11) is 0. The van der Waals surface area contributed by atoms with E-state index >= 15 is 0 Å². The highest BCUT2D eigenvalue weighted by Crippen LogP contribution is 2.41. The van der Waals surface area contributed by atoms with Gasteiger partial charge in [0.1, 0.15) is 11.3 Å². The maximum Gasteiger partial charge on any atom is 0.387 e. The molecular weight excluding hydrogens is 456 g/mol. The van der Waals surface area contributed by atoms with Gasteiger partial charge in [-0.05, 0) is 68.1 Å². The molecule has 1 saturated heterocycles. The maximum absolute atomic E-state index is 13.4. The summed E-state index contributed by atoms with van der Waals surface area (Å²) < 4.78 is 31.1. The predicted octanol–water partition coefficient (Wildman–Crippen LogP) is 4.27. The fourth-order valence-electron chi connectivity index (χ4n) is 5.18. The molecule has 2 aromatic carbocycles. The number of halogens is 2. The van der Waals surface area contributed by atoms with Crippen LogP contribution in [0, 0.1) is 13.8 Å². The van der Waals surface area contributed by atoms with Gasteiger partial charge in [0.15, 0.2) is 5.78 Å². The smallest absolute Gasteiger partial charge is 0.387 e. The highest BCUT2D eigenvalue weighted by molar-refractivity contribution is 6.12. The van der Waals surface area contributed by atoms with Crippen molar-refractivity contribution in [3.05, 3.63) is 82.7 Å². The average Bonchev–Trinajstić information content (AvgIpc) is 3.42. The number of rotatable bonds is 6. The molecule has 1 aliphatic heterocycles. The van der Waals surface area contributed by atoms with Crippen LogP contribution in [0.5, 0.6) is 5.75 Å². The number of fused-ring (bicyclic) bond motifs is 2. The van der Waals surface area contributed by atoms with Gasteiger partial charge in [-0.3, -0.25) is 14.5 Å². The van der Waals surface area contributed by atoms with Crippen molar-refractivity contribution < 1.29 is 27.9 Å². The Morgan fingerprint density at radius 2 is 1.83 bits per heavy atom. The van der Waals surface area contributed by atoms with Crippen molar-refractivity contribution in [3.8, 4) is 11.4 Å². The summed E-state index contributed by atoms with van der Waals surface area (Å²) in [5, 5.41) is 2.83. The molecule has 5 rings (SSSR count). The molecule has 1 N–H and O–H groups in total. The SMILES string of the molecule is Cc1cc(C(=O)CN2C(=O)NC3(CCc4ccccc43)C2=O)c(C)n1-c1ccc(OC(F)F)cc1. The van der Waals surface area contributed by atoms with Gasteiger partial charge in [-0.2, -0.15) is 8.78 Å². The van der Waals surface area contributed by atoms with E-state index in [9.17, 15) is 23.2 Å². The number of carbonyl (C=O) groups is 3. The average molecular weight is 479 g/mol. The van der Waals surface area contributed by atoms with Gasteiger partial charge in [0.25, 0.3) is 5.91 Å². The number of ketones is 1. The number of imide groups is 1. The molecule has 1 aliphatic carbocycles. The number of amides is 3. The number of aromatic nitrogens is 1. The number of nitrogens with one attached hydrogen (secondary N) is 1. The standard InChI is InChI=1S/C26H23F2N3O4/c1-15-13-20(16(2)31(15)18-7-9-19(10-8-18)35-24(27)28)22(32)14-30-23(33)26(29-25(30)34)12-11-17-5-3-4-6-21(17)26/h3-10,13,24H,11-12,14H2,1-2H3,(H,29,34). The Morgan fingerprint density at radius 3 is 2.54 bits per heavy atom. The first-order chi connectivity index (χ1) is 16.7. The van der Waals surface area contributed by atoms with Gasteiger partial charge in [0, 0.05) is 22.6 Å². The molecule has 180 valence electrons. The van der Waals surface area contributed by atoms with Crippen LogP contribution in [0.25, 0.3) is 5.69 Å². The van der Waals surface area contributed by atoms with E-state index in [4.69, 9.17) is 0 Å². The van der Waals surface area contributed by atoms with Gasteiger partial charge in [0.2, 0.25) is 0 Å². The zero-order chi connectivity index (χ0) is 24.9. The second kappa shape index (κ2) is 8.33. The molecule has 0 saturated carbocycles. The lowest BCUT2D eigenvalue weighted by atomic mass is 9.92. The Morgan fingerprint density at radius 1 is 1.11 bits per heavy atom. The highest BCUT2D eigenvalue weighted by atomic mass is 19.3. The molecule has 3 amide bonds. The summed E-state index contributed by atoms with van der Waals surface area (Å²) >= 11 is 0. The van der Waals surface area contributed by atoms with E-state index in [1.54, 1.807) is 29.7 Å². The molecule has 1 fully saturated rings. The third-order valence-electron chi connectivity index (χ3n) is 6.78. The molecule has 9 heteroatoms. The fourth-order valence-corrected chi connectivity index (χ4v) is 5.18. The quantitative estimate of drug-likeness (QED) is 0.423. The first-order valence-electron chi connectivity index (χ1n) is 11.2. The second-order valence-electron chi connectivity index (χ2n) is 8.80. The minimum absolute atomic E-state index is 0.0310. The number of urea groups is 1. The van der Waals surface area contributed by atoms with E-state index in [0.29, 0.717) is 29.8 Å². The lowest BCUT2D eigenvalue weighted by molar-refractivity contribution is -0.131. The fraction of sp³-hybridized carbons (Fsp3) is 0.269. The summed E-state index contributed by atoms with van der Waals surface area (Å²) in [6.45, 7) is 0.276. The number of carbonyl (C=O) groups excluding carboxylic acids is 3. The minimum atomic E-state index is -2.91. The van der Waals surface area contributed by atoms with Crippen molar-refractivity contribution in [2.24, 2.45) is 0 Å². The van der Waals surface area contributed by atoms with Gasteiger partial charge < -0.3 is 14.6 Å². The molecule has 7 nitrogen and oxygen atoms in total. The number of alkyl halides is 2. The number of nitrogens with zero attached hydrogens (tertiary/aromatic N) is 2. The van der Waals surface area contributed by atoms with Gasteiger partial charge in [-0.15, -0.1) is 0 Å². The van der Waals surface area contributed by atoms with E-state index in [-0.39, 0.29) is 18.1 Å². The lowest BCUT2D eigenvalue weighted by Crippen LogP contribution is -2.42. The molecule has 1 spiro atoms. The van der Waals surface area contributed by atoms with Gasteiger partial charge in [-0.1, -0.05) is 24.3 Å². The highest BCUT2D eigenvalue weighted by Gasteiger charge is 2.55. The van der Waals surface area contributed by atoms with Crippen LogP contribution in [0.3, 0.4) is 0 Å². The Labute approximate surface area is 200 Å². The van der Waals surface area contributed by atoms with Gasteiger partial charge >= 0.3 is 12.6 Å². The van der Waals surface area contributed by atoms with Crippen LogP contribution in [-0.2, 0) is 16.8 Å². The van der Waals surface area contributed by atoms with Crippen molar-refractivity contribution in [1.29, 1.82) is 0 Å². The zero-order valence-corrected chi connectivity index (χ0v) is 19.2. The Kier molecular flexibility index (Phi) is 5.42. The normalized spacial score (nSPS) is 18.9. The van der Waals surface area contributed by atoms with Crippen LogP contribution in [0.1, 0.15) is 39.3 Å².